The van der Waals surface area contributed by atoms with Crippen LogP contribution in [0.15, 0.2) is 42.6 Å². The first-order chi connectivity index (χ1) is 12.8. The third-order valence-electron chi connectivity index (χ3n) is 3.34. The number of carbonyl (C=O) groups is 1. The van der Waals surface area contributed by atoms with Crippen LogP contribution in [0.2, 0.25) is 0 Å². The fourth-order valence-electron chi connectivity index (χ4n) is 2.18. The van der Waals surface area contributed by atoms with Gasteiger partial charge in [0.2, 0.25) is 0 Å². The minimum Gasteiger partial charge on any atom is -0.298 e. The number of pyridine rings is 1. The molecular formula is C17H8F4N4OS. The summed E-state index contributed by atoms with van der Waals surface area (Å²) in [5.74, 6) is -2.17. The van der Waals surface area contributed by atoms with E-state index < -0.39 is 29.0 Å². The van der Waals surface area contributed by atoms with E-state index in [-0.39, 0.29) is 15.7 Å². The number of hydrogen-bond acceptors (Lipinski definition) is 5. The molecule has 0 fully saturated rings. The molecular weight excluding hydrogens is 384 g/mol. The Hall–Kier alpha value is -3.32. The first-order valence-corrected chi connectivity index (χ1v) is 8.11. The number of hydrogen-bond donors (Lipinski definition) is 1. The van der Waals surface area contributed by atoms with E-state index in [9.17, 15) is 27.6 Å². The van der Waals surface area contributed by atoms with Gasteiger partial charge in [0.1, 0.15) is 22.5 Å². The normalized spacial score (nSPS) is 11.1. The second kappa shape index (κ2) is 7.13. The van der Waals surface area contributed by atoms with Crippen molar-refractivity contribution in [3.8, 4) is 17.5 Å². The number of alkyl halides is 3. The smallest absolute Gasteiger partial charge is 0.298 e. The Balaban J connectivity index is 1.91. The Morgan fingerprint density at radius 1 is 1.22 bits per heavy atom. The van der Waals surface area contributed by atoms with Gasteiger partial charge in [-0.05, 0) is 30.3 Å². The van der Waals surface area contributed by atoms with Gasteiger partial charge >= 0.3 is 6.18 Å². The number of nitrogens with zero attached hydrogens (tertiary/aromatic N) is 3. The number of rotatable bonds is 3. The van der Waals surface area contributed by atoms with Crippen molar-refractivity contribution in [3.63, 3.8) is 0 Å². The monoisotopic (exact) mass is 392 g/mol. The van der Waals surface area contributed by atoms with Crippen LogP contribution in [0, 0.1) is 17.1 Å². The molecule has 27 heavy (non-hydrogen) atoms. The first-order valence-electron chi connectivity index (χ1n) is 7.29. The summed E-state index contributed by atoms with van der Waals surface area (Å²) in [6.45, 7) is 0. The van der Waals surface area contributed by atoms with Crippen LogP contribution in [0.1, 0.15) is 20.8 Å². The molecule has 0 aliphatic rings. The predicted molar refractivity (Wildman–Crippen MR) is 89.4 cm³/mol. The van der Waals surface area contributed by atoms with Gasteiger partial charge in [-0.2, -0.15) is 18.4 Å². The lowest BCUT2D eigenvalue weighted by atomic mass is 10.1. The van der Waals surface area contributed by atoms with E-state index in [2.05, 4.69) is 15.3 Å². The second-order valence-corrected chi connectivity index (χ2v) is 6.20. The van der Waals surface area contributed by atoms with Crippen LogP contribution in [0.25, 0.3) is 11.4 Å². The SMILES string of the molecule is N#Cc1sc(NC(=O)c2cc(F)cc(C(F)(F)F)c2)nc1-c1ccccn1. The average Bonchev–Trinajstić information content (AvgIpc) is 3.04. The van der Waals surface area contributed by atoms with Gasteiger partial charge in [0, 0.05) is 11.8 Å². The van der Waals surface area contributed by atoms with Crippen LogP contribution in [-0.2, 0) is 6.18 Å². The Morgan fingerprint density at radius 3 is 2.63 bits per heavy atom. The van der Waals surface area contributed by atoms with Crippen molar-refractivity contribution < 1.29 is 22.4 Å². The van der Waals surface area contributed by atoms with Gasteiger partial charge in [-0.3, -0.25) is 15.1 Å². The van der Waals surface area contributed by atoms with Crippen molar-refractivity contribution in [1.82, 2.24) is 9.97 Å². The van der Waals surface area contributed by atoms with E-state index >= 15 is 0 Å². The average molecular weight is 392 g/mol. The maximum absolute atomic E-state index is 13.5. The van der Waals surface area contributed by atoms with Crippen molar-refractivity contribution in [2.24, 2.45) is 0 Å². The summed E-state index contributed by atoms with van der Waals surface area (Å²) in [6, 6.07) is 8.42. The molecule has 0 atom stereocenters. The maximum Gasteiger partial charge on any atom is 0.416 e. The number of anilines is 1. The van der Waals surface area contributed by atoms with E-state index in [4.69, 9.17) is 0 Å². The summed E-state index contributed by atoms with van der Waals surface area (Å²) in [5, 5.41) is 11.5. The molecule has 0 saturated heterocycles. The lowest BCUT2D eigenvalue weighted by molar-refractivity contribution is -0.137. The van der Waals surface area contributed by atoms with Gasteiger partial charge in [0.25, 0.3) is 5.91 Å². The molecule has 10 heteroatoms. The van der Waals surface area contributed by atoms with Crippen LogP contribution in [-0.4, -0.2) is 15.9 Å². The molecule has 5 nitrogen and oxygen atoms in total. The fraction of sp³-hybridized carbons (Fsp3) is 0.0588. The number of carbonyl (C=O) groups excluding carboxylic acids is 1. The summed E-state index contributed by atoms with van der Waals surface area (Å²) in [6.07, 6.45) is -3.29. The molecule has 0 aliphatic carbocycles. The third kappa shape index (κ3) is 4.09. The topological polar surface area (TPSA) is 78.7 Å². The molecule has 3 aromatic rings. The van der Waals surface area contributed by atoms with Crippen LogP contribution < -0.4 is 5.32 Å². The molecule has 136 valence electrons. The van der Waals surface area contributed by atoms with E-state index in [1.54, 1.807) is 18.2 Å². The van der Waals surface area contributed by atoms with Crippen molar-refractivity contribution in [2.75, 3.05) is 5.32 Å². The highest BCUT2D eigenvalue weighted by molar-refractivity contribution is 7.16. The zero-order valence-corrected chi connectivity index (χ0v) is 14.0. The van der Waals surface area contributed by atoms with Crippen LogP contribution >= 0.6 is 11.3 Å². The van der Waals surface area contributed by atoms with Crippen LogP contribution in [0.4, 0.5) is 22.7 Å². The molecule has 2 aromatic heterocycles. The first kappa shape index (κ1) is 18.5. The molecule has 1 N–H and O–H groups in total. The number of nitriles is 1. The molecule has 0 spiro atoms. The van der Waals surface area contributed by atoms with Gasteiger partial charge in [0.05, 0.1) is 11.3 Å². The molecule has 1 amide bonds. The van der Waals surface area contributed by atoms with Crippen molar-refractivity contribution in [1.29, 1.82) is 5.26 Å². The number of halogens is 4. The lowest BCUT2D eigenvalue weighted by Crippen LogP contribution is -2.14. The summed E-state index contributed by atoms with van der Waals surface area (Å²) in [7, 11) is 0. The Bertz CT molecular complexity index is 1040. The molecule has 0 bridgehead atoms. The number of nitrogens with one attached hydrogen (secondary N) is 1. The zero-order chi connectivity index (χ0) is 19.6. The Morgan fingerprint density at radius 2 is 2.00 bits per heavy atom. The van der Waals surface area contributed by atoms with Gasteiger partial charge in [-0.1, -0.05) is 17.4 Å². The quantitative estimate of drug-likeness (QED) is 0.667. The number of aromatic nitrogens is 2. The standard InChI is InChI=1S/C17H8F4N4OS/c18-11-6-9(5-10(7-11)17(19,20)21)15(26)25-16-24-14(13(8-22)27-16)12-3-1-2-4-23-12/h1-7H,(H,24,25,26). The molecule has 3 rings (SSSR count). The Kier molecular flexibility index (Phi) is 4.87. The largest absolute Gasteiger partial charge is 0.416 e. The predicted octanol–water partition coefficient (Wildman–Crippen LogP) is 4.49. The number of benzene rings is 1. The highest BCUT2D eigenvalue weighted by Gasteiger charge is 2.32. The molecule has 0 radical (unpaired) electrons. The number of thiazole rings is 1. The summed E-state index contributed by atoms with van der Waals surface area (Å²) < 4.78 is 51.8. The maximum atomic E-state index is 13.5. The van der Waals surface area contributed by atoms with Crippen molar-refractivity contribution in [2.45, 2.75) is 6.18 Å². The van der Waals surface area contributed by atoms with Gasteiger partial charge in [0.15, 0.2) is 5.13 Å². The van der Waals surface area contributed by atoms with E-state index in [0.717, 1.165) is 11.3 Å². The van der Waals surface area contributed by atoms with Crippen molar-refractivity contribution >= 4 is 22.4 Å². The minimum absolute atomic E-state index is 0.0185. The molecule has 1 aromatic carbocycles. The zero-order valence-electron chi connectivity index (χ0n) is 13.2. The van der Waals surface area contributed by atoms with Crippen molar-refractivity contribution in [3.05, 3.63) is 64.4 Å². The molecule has 0 unspecified atom stereocenters. The molecule has 0 saturated carbocycles. The Labute approximate surface area is 153 Å². The lowest BCUT2D eigenvalue weighted by Gasteiger charge is -2.09. The van der Waals surface area contributed by atoms with Gasteiger partial charge < -0.3 is 0 Å². The fourth-order valence-corrected chi connectivity index (χ4v) is 2.95. The van der Waals surface area contributed by atoms with Gasteiger partial charge in [-0.15, -0.1) is 0 Å². The second-order valence-electron chi connectivity index (χ2n) is 5.20. The molecule has 0 aliphatic heterocycles. The van der Waals surface area contributed by atoms with Crippen LogP contribution in [0.5, 0.6) is 0 Å². The van der Waals surface area contributed by atoms with E-state index in [0.29, 0.717) is 23.9 Å². The minimum atomic E-state index is -4.79. The summed E-state index contributed by atoms with van der Waals surface area (Å²) in [4.78, 5) is 20.5. The summed E-state index contributed by atoms with van der Waals surface area (Å²) >= 11 is 0.831. The number of amides is 1. The highest BCUT2D eigenvalue weighted by atomic mass is 32.1. The van der Waals surface area contributed by atoms with Gasteiger partial charge in [-0.25, -0.2) is 9.37 Å². The van der Waals surface area contributed by atoms with Crippen LogP contribution in [0.3, 0.4) is 0 Å². The highest BCUT2D eigenvalue weighted by Crippen LogP contribution is 2.32. The summed E-state index contributed by atoms with van der Waals surface area (Å²) in [5.41, 5.74) is -1.17. The molecule has 2 heterocycles. The van der Waals surface area contributed by atoms with E-state index in [1.807, 2.05) is 6.07 Å². The third-order valence-corrected chi connectivity index (χ3v) is 4.22. The van der Waals surface area contributed by atoms with E-state index in [1.165, 1.54) is 6.20 Å².